The fourth-order valence-corrected chi connectivity index (χ4v) is 2.37. The SMILES string of the molecule is Cc1cc(C)c(NC(=O)c2ccc(Cl)c(N)c2)c(C)c1. The van der Waals surface area contributed by atoms with Crippen LogP contribution in [0.5, 0.6) is 0 Å². The summed E-state index contributed by atoms with van der Waals surface area (Å²) in [5.74, 6) is -0.191. The Hall–Kier alpha value is -2.00. The van der Waals surface area contributed by atoms with Crippen LogP contribution in [0.3, 0.4) is 0 Å². The average molecular weight is 289 g/mol. The lowest BCUT2D eigenvalue weighted by Crippen LogP contribution is -2.14. The third-order valence-corrected chi connectivity index (χ3v) is 3.52. The van der Waals surface area contributed by atoms with E-state index >= 15 is 0 Å². The Morgan fingerprint density at radius 1 is 1.10 bits per heavy atom. The Balaban J connectivity index is 2.30. The standard InChI is InChI=1S/C16H17ClN2O/c1-9-6-10(2)15(11(3)7-9)19-16(20)12-4-5-13(17)14(18)8-12/h4-8H,18H2,1-3H3,(H,19,20). The quantitative estimate of drug-likeness (QED) is 0.818. The van der Waals surface area contributed by atoms with Gasteiger partial charge in [0.1, 0.15) is 0 Å². The molecule has 0 fully saturated rings. The Kier molecular flexibility index (Phi) is 4.00. The fourth-order valence-electron chi connectivity index (χ4n) is 2.25. The molecule has 2 aromatic rings. The molecule has 2 aromatic carbocycles. The van der Waals surface area contributed by atoms with E-state index in [1.807, 2.05) is 32.9 Å². The van der Waals surface area contributed by atoms with Gasteiger partial charge in [-0.1, -0.05) is 29.3 Å². The maximum absolute atomic E-state index is 12.3. The normalized spacial score (nSPS) is 10.4. The van der Waals surface area contributed by atoms with Crippen LogP contribution in [0.4, 0.5) is 11.4 Å². The van der Waals surface area contributed by atoms with Crippen molar-refractivity contribution in [2.75, 3.05) is 11.1 Å². The minimum Gasteiger partial charge on any atom is -0.398 e. The second kappa shape index (κ2) is 5.55. The number of hydrogen-bond donors (Lipinski definition) is 2. The average Bonchev–Trinajstić information content (AvgIpc) is 2.36. The van der Waals surface area contributed by atoms with Gasteiger partial charge < -0.3 is 11.1 Å². The molecule has 0 aliphatic carbocycles. The maximum Gasteiger partial charge on any atom is 0.255 e. The van der Waals surface area contributed by atoms with Crippen LogP contribution in [0, 0.1) is 20.8 Å². The molecule has 0 atom stereocenters. The summed E-state index contributed by atoms with van der Waals surface area (Å²) in [6, 6.07) is 8.95. The molecule has 4 heteroatoms. The molecular formula is C16H17ClN2O. The van der Waals surface area contributed by atoms with E-state index in [1.54, 1.807) is 18.2 Å². The van der Waals surface area contributed by atoms with Crippen molar-refractivity contribution in [1.29, 1.82) is 0 Å². The highest BCUT2D eigenvalue weighted by molar-refractivity contribution is 6.33. The first-order chi connectivity index (χ1) is 9.38. The van der Waals surface area contributed by atoms with Crippen LogP contribution < -0.4 is 11.1 Å². The highest BCUT2D eigenvalue weighted by Crippen LogP contribution is 2.24. The zero-order valence-electron chi connectivity index (χ0n) is 11.8. The van der Waals surface area contributed by atoms with Crippen LogP contribution >= 0.6 is 11.6 Å². The Bertz CT molecular complexity index is 657. The second-order valence-electron chi connectivity index (χ2n) is 4.96. The van der Waals surface area contributed by atoms with Crippen LogP contribution in [0.15, 0.2) is 30.3 Å². The van der Waals surface area contributed by atoms with Crippen LogP contribution in [0.2, 0.25) is 5.02 Å². The number of amides is 1. The van der Waals surface area contributed by atoms with Gasteiger partial charge >= 0.3 is 0 Å². The van der Waals surface area contributed by atoms with Crippen molar-refractivity contribution >= 4 is 28.9 Å². The monoisotopic (exact) mass is 288 g/mol. The van der Waals surface area contributed by atoms with E-state index in [0.717, 1.165) is 16.8 Å². The van der Waals surface area contributed by atoms with Crippen LogP contribution in [-0.4, -0.2) is 5.91 Å². The first-order valence-electron chi connectivity index (χ1n) is 6.32. The van der Waals surface area contributed by atoms with Gasteiger partial charge in [0, 0.05) is 11.3 Å². The van der Waals surface area contributed by atoms with E-state index in [9.17, 15) is 4.79 Å². The first kappa shape index (κ1) is 14.4. The minimum atomic E-state index is -0.191. The lowest BCUT2D eigenvalue weighted by Gasteiger charge is -2.13. The Morgan fingerprint density at radius 3 is 2.25 bits per heavy atom. The summed E-state index contributed by atoms with van der Waals surface area (Å²) in [5, 5.41) is 3.38. The molecule has 0 aromatic heterocycles. The Labute approximate surface area is 123 Å². The van der Waals surface area contributed by atoms with Crippen molar-refractivity contribution in [2.45, 2.75) is 20.8 Å². The van der Waals surface area contributed by atoms with Crippen LogP contribution in [0.25, 0.3) is 0 Å². The zero-order chi connectivity index (χ0) is 14.9. The van der Waals surface area contributed by atoms with Gasteiger partial charge in [-0.25, -0.2) is 0 Å². The van der Waals surface area contributed by atoms with Crippen LogP contribution in [0.1, 0.15) is 27.0 Å². The van der Waals surface area contributed by atoms with E-state index in [-0.39, 0.29) is 5.91 Å². The van der Waals surface area contributed by atoms with Crippen molar-refractivity contribution in [1.82, 2.24) is 0 Å². The van der Waals surface area contributed by atoms with Gasteiger partial charge in [0.25, 0.3) is 5.91 Å². The number of benzene rings is 2. The summed E-state index contributed by atoms with van der Waals surface area (Å²) in [6.07, 6.45) is 0. The molecule has 0 saturated carbocycles. The first-order valence-corrected chi connectivity index (χ1v) is 6.70. The van der Waals surface area contributed by atoms with Crippen molar-refractivity contribution in [2.24, 2.45) is 0 Å². The molecular weight excluding hydrogens is 272 g/mol. The summed E-state index contributed by atoms with van der Waals surface area (Å²) >= 11 is 5.86. The van der Waals surface area contributed by atoms with Crippen molar-refractivity contribution in [3.8, 4) is 0 Å². The van der Waals surface area contributed by atoms with Gasteiger partial charge in [0.05, 0.1) is 10.7 Å². The van der Waals surface area contributed by atoms with E-state index in [1.165, 1.54) is 5.56 Å². The molecule has 2 rings (SSSR count). The molecule has 0 spiro atoms. The third kappa shape index (κ3) is 2.94. The largest absolute Gasteiger partial charge is 0.398 e. The smallest absolute Gasteiger partial charge is 0.255 e. The van der Waals surface area contributed by atoms with Gasteiger partial charge in [0.15, 0.2) is 0 Å². The summed E-state index contributed by atoms with van der Waals surface area (Å²) in [7, 11) is 0. The predicted octanol–water partition coefficient (Wildman–Crippen LogP) is 4.10. The summed E-state index contributed by atoms with van der Waals surface area (Å²) in [6.45, 7) is 5.99. The number of nitrogens with two attached hydrogens (primary N) is 1. The van der Waals surface area contributed by atoms with E-state index < -0.39 is 0 Å². The zero-order valence-corrected chi connectivity index (χ0v) is 12.5. The maximum atomic E-state index is 12.3. The topological polar surface area (TPSA) is 55.1 Å². The number of nitrogen functional groups attached to an aromatic ring is 1. The summed E-state index contributed by atoms with van der Waals surface area (Å²) < 4.78 is 0. The lowest BCUT2D eigenvalue weighted by molar-refractivity contribution is 0.102. The molecule has 104 valence electrons. The predicted molar refractivity (Wildman–Crippen MR) is 84.5 cm³/mol. The van der Waals surface area contributed by atoms with E-state index in [0.29, 0.717) is 16.3 Å². The third-order valence-electron chi connectivity index (χ3n) is 3.17. The minimum absolute atomic E-state index is 0.191. The number of aryl methyl sites for hydroxylation is 3. The lowest BCUT2D eigenvalue weighted by atomic mass is 10.0. The molecule has 3 N–H and O–H groups in total. The molecule has 3 nitrogen and oxygen atoms in total. The number of anilines is 2. The number of halogens is 1. The van der Waals surface area contributed by atoms with E-state index in [2.05, 4.69) is 5.32 Å². The molecule has 0 bridgehead atoms. The highest BCUT2D eigenvalue weighted by Gasteiger charge is 2.11. The second-order valence-corrected chi connectivity index (χ2v) is 5.37. The fraction of sp³-hybridized carbons (Fsp3) is 0.188. The van der Waals surface area contributed by atoms with Gasteiger partial charge in [-0.05, 0) is 50.1 Å². The molecule has 0 radical (unpaired) electrons. The number of rotatable bonds is 2. The number of nitrogens with one attached hydrogen (secondary N) is 1. The van der Waals surface area contributed by atoms with Crippen molar-refractivity contribution in [3.05, 3.63) is 57.6 Å². The number of carbonyl (C=O) groups is 1. The van der Waals surface area contributed by atoms with Crippen LogP contribution in [-0.2, 0) is 0 Å². The number of hydrogen-bond acceptors (Lipinski definition) is 2. The van der Waals surface area contributed by atoms with Gasteiger partial charge in [0.2, 0.25) is 0 Å². The number of carbonyl (C=O) groups excluding carboxylic acids is 1. The van der Waals surface area contributed by atoms with Gasteiger partial charge in [-0.15, -0.1) is 0 Å². The van der Waals surface area contributed by atoms with Crippen molar-refractivity contribution in [3.63, 3.8) is 0 Å². The molecule has 0 aliphatic rings. The van der Waals surface area contributed by atoms with E-state index in [4.69, 9.17) is 17.3 Å². The van der Waals surface area contributed by atoms with Gasteiger partial charge in [-0.2, -0.15) is 0 Å². The molecule has 0 unspecified atom stereocenters. The highest BCUT2D eigenvalue weighted by atomic mass is 35.5. The Morgan fingerprint density at radius 2 is 1.70 bits per heavy atom. The summed E-state index contributed by atoms with van der Waals surface area (Å²) in [4.78, 5) is 12.3. The molecule has 0 aliphatic heterocycles. The molecule has 0 heterocycles. The summed E-state index contributed by atoms with van der Waals surface area (Å²) in [5.41, 5.74) is 10.7. The van der Waals surface area contributed by atoms with Gasteiger partial charge in [-0.3, -0.25) is 4.79 Å². The van der Waals surface area contributed by atoms with Crippen molar-refractivity contribution < 1.29 is 4.79 Å². The molecule has 20 heavy (non-hydrogen) atoms. The molecule has 0 saturated heterocycles. The molecule has 1 amide bonds.